The van der Waals surface area contributed by atoms with Gasteiger partial charge in [-0.25, -0.2) is 0 Å². The van der Waals surface area contributed by atoms with Crippen molar-refractivity contribution in [2.75, 3.05) is 14.2 Å². The number of carbonyl (C=O) groups excluding carboxylic acids is 1. The molecule has 0 aliphatic heterocycles. The second-order valence-corrected chi connectivity index (χ2v) is 6.70. The van der Waals surface area contributed by atoms with Crippen molar-refractivity contribution in [1.29, 1.82) is 0 Å². The topological polar surface area (TPSA) is 47.4 Å². The van der Waals surface area contributed by atoms with Crippen LogP contribution in [0.4, 0.5) is 0 Å². The van der Waals surface area contributed by atoms with Gasteiger partial charge in [-0.2, -0.15) is 5.10 Å². The molecule has 5 nitrogen and oxygen atoms in total. The maximum atomic E-state index is 13.0. The van der Waals surface area contributed by atoms with Crippen LogP contribution >= 0.6 is 0 Å². The zero-order valence-electron chi connectivity index (χ0n) is 16.3. The molecule has 0 spiro atoms. The van der Waals surface area contributed by atoms with Gasteiger partial charge in [0.15, 0.2) is 0 Å². The molecule has 1 aromatic heterocycles. The first kappa shape index (κ1) is 18.7. The van der Waals surface area contributed by atoms with Crippen molar-refractivity contribution in [2.45, 2.75) is 26.9 Å². The van der Waals surface area contributed by atoms with E-state index in [4.69, 9.17) is 4.74 Å². The summed E-state index contributed by atoms with van der Waals surface area (Å²) in [4.78, 5) is 14.8. The Balaban J connectivity index is 1.77. The third-order valence-corrected chi connectivity index (χ3v) is 4.70. The van der Waals surface area contributed by atoms with E-state index in [0.717, 1.165) is 28.3 Å². The Morgan fingerprint density at radius 1 is 1.04 bits per heavy atom. The summed E-state index contributed by atoms with van der Waals surface area (Å²) in [6.45, 7) is 5.04. The van der Waals surface area contributed by atoms with E-state index in [1.54, 1.807) is 12.0 Å². The minimum absolute atomic E-state index is 0.0138. The third kappa shape index (κ3) is 4.19. The molecule has 1 heterocycles. The molecule has 0 saturated heterocycles. The van der Waals surface area contributed by atoms with Crippen LogP contribution < -0.4 is 4.74 Å². The van der Waals surface area contributed by atoms with Crippen LogP contribution in [0.5, 0.6) is 5.75 Å². The second-order valence-electron chi connectivity index (χ2n) is 6.70. The molecular formula is C22H25N3O2. The second kappa shape index (κ2) is 8.08. The number of methoxy groups -OCH3 is 1. The van der Waals surface area contributed by atoms with Crippen molar-refractivity contribution in [2.24, 2.45) is 0 Å². The molecule has 3 rings (SSSR count). The predicted octanol–water partition coefficient (Wildman–Crippen LogP) is 3.83. The van der Waals surface area contributed by atoms with Gasteiger partial charge in [0.25, 0.3) is 5.91 Å². The Labute approximate surface area is 160 Å². The van der Waals surface area contributed by atoms with Crippen molar-refractivity contribution >= 4 is 5.91 Å². The Morgan fingerprint density at radius 3 is 2.33 bits per heavy atom. The van der Waals surface area contributed by atoms with Gasteiger partial charge >= 0.3 is 0 Å². The van der Waals surface area contributed by atoms with Crippen molar-refractivity contribution < 1.29 is 9.53 Å². The Hall–Kier alpha value is -3.08. The number of hydrogen-bond donors (Lipinski definition) is 0. The highest BCUT2D eigenvalue weighted by atomic mass is 16.5. The smallest absolute Gasteiger partial charge is 0.257 e. The monoisotopic (exact) mass is 363 g/mol. The lowest BCUT2D eigenvalue weighted by Gasteiger charge is -2.18. The minimum Gasteiger partial charge on any atom is -0.497 e. The number of aromatic nitrogens is 2. The van der Waals surface area contributed by atoms with Crippen LogP contribution in [0, 0.1) is 13.8 Å². The van der Waals surface area contributed by atoms with E-state index in [0.29, 0.717) is 18.7 Å². The lowest BCUT2D eigenvalue weighted by molar-refractivity contribution is 0.0783. The van der Waals surface area contributed by atoms with E-state index in [1.165, 1.54) is 0 Å². The van der Waals surface area contributed by atoms with Gasteiger partial charge < -0.3 is 9.64 Å². The van der Waals surface area contributed by atoms with E-state index in [2.05, 4.69) is 17.2 Å². The number of aryl methyl sites for hydroxylation is 1. The molecule has 0 aliphatic carbocycles. The standard InChI is InChI=1S/C22H25N3O2/c1-16-21(17(2)25(23-16)15-18-8-6-5-7-9-18)22(26)24(3)14-19-10-12-20(27-4)13-11-19/h5-13H,14-15H2,1-4H3. The lowest BCUT2D eigenvalue weighted by atomic mass is 10.1. The van der Waals surface area contributed by atoms with Crippen LogP contribution in [0.2, 0.25) is 0 Å². The van der Waals surface area contributed by atoms with Gasteiger partial charge in [-0.15, -0.1) is 0 Å². The predicted molar refractivity (Wildman–Crippen MR) is 106 cm³/mol. The molecule has 140 valence electrons. The molecule has 0 atom stereocenters. The third-order valence-electron chi connectivity index (χ3n) is 4.70. The summed E-state index contributed by atoms with van der Waals surface area (Å²) in [6, 6.07) is 17.9. The molecule has 27 heavy (non-hydrogen) atoms. The van der Waals surface area contributed by atoms with Gasteiger partial charge in [0, 0.05) is 19.3 Å². The summed E-state index contributed by atoms with van der Waals surface area (Å²) in [7, 11) is 3.46. The van der Waals surface area contributed by atoms with Crippen molar-refractivity contribution in [1.82, 2.24) is 14.7 Å². The molecule has 0 bridgehead atoms. The fourth-order valence-electron chi connectivity index (χ4n) is 3.18. The van der Waals surface area contributed by atoms with Gasteiger partial charge in [-0.1, -0.05) is 42.5 Å². The number of ether oxygens (including phenoxy) is 1. The number of nitrogens with zero attached hydrogens (tertiary/aromatic N) is 3. The molecule has 0 aliphatic rings. The van der Waals surface area contributed by atoms with Gasteiger partial charge in [-0.05, 0) is 37.1 Å². The average Bonchev–Trinajstić information content (AvgIpc) is 2.95. The maximum absolute atomic E-state index is 13.0. The quantitative estimate of drug-likeness (QED) is 0.669. The van der Waals surface area contributed by atoms with E-state index >= 15 is 0 Å². The summed E-state index contributed by atoms with van der Waals surface area (Å²) < 4.78 is 7.08. The van der Waals surface area contributed by atoms with Crippen molar-refractivity contribution in [3.05, 3.63) is 82.7 Å². The van der Waals surface area contributed by atoms with Gasteiger partial charge in [0.1, 0.15) is 5.75 Å². The van der Waals surface area contributed by atoms with Crippen molar-refractivity contribution in [3.8, 4) is 5.75 Å². The van der Waals surface area contributed by atoms with Crippen LogP contribution in [0.25, 0.3) is 0 Å². The largest absolute Gasteiger partial charge is 0.497 e. The zero-order chi connectivity index (χ0) is 19.4. The van der Waals surface area contributed by atoms with E-state index in [-0.39, 0.29) is 5.91 Å². The molecule has 0 saturated carbocycles. The Morgan fingerprint density at radius 2 is 1.70 bits per heavy atom. The fraction of sp³-hybridized carbons (Fsp3) is 0.273. The highest BCUT2D eigenvalue weighted by Crippen LogP contribution is 2.19. The van der Waals surface area contributed by atoms with Crippen LogP contribution in [0.15, 0.2) is 54.6 Å². The zero-order valence-corrected chi connectivity index (χ0v) is 16.3. The molecule has 0 radical (unpaired) electrons. The van der Waals surface area contributed by atoms with E-state index in [9.17, 15) is 4.79 Å². The summed E-state index contributed by atoms with van der Waals surface area (Å²) in [5.74, 6) is 0.793. The molecule has 2 aromatic carbocycles. The molecule has 1 amide bonds. The van der Waals surface area contributed by atoms with Crippen LogP contribution in [0.3, 0.4) is 0 Å². The number of rotatable bonds is 6. The molecule has 3 aromatic rings. The summed E-state index contributed by atoms with van der Waals surface area (Å²) >= 11 is 0. The molecule has 5 heteroatoms. The highest BCUT2D eigenvalue weighted by Gasteiger charge is 2.22. The Bertz CT molecular complexity index is 915. The average molecular weight is 363 g/mol. The normalized spacial score (nSPS) is 10.7. The van der Waals surface area contributed by atoms with Gasteiger partial charge in [0.05, 0.1) is 24.9 Å². The number of amides is 1. The fourth-order valence-corrected chi connectivity index (χ4v) is 3.18. The van der Waals surface area contributed by atoms with Gasteiger partial charge in [0.2, 0.25) is 0 Å². The molecule has 0 fully saturated rings. The maximum Gasteiger partial charge on any atom is 0.257 e. The first-order valence-electron chi connectivity index (χ1n) is 8.96. The van der Waals surface area contributed by atoms with Gasteiger partial charge in [-0.3, -0.25) is 9.48 Å². The number of carbonyl (C=O) groups is 1. The number of benzene rings is 2. The molecular weight excluding hydrogens is 338 g/mol. The summed E-state index contributed by atoms with van der Waals surface area (Å²) in [6.07, 6.45) is 0. The SMILES string of the molecule is COc1ccc(CN(C)C(=O)c2c(C)nn(Cc3ccccc3)c2C)cc1. The Kier molecular flexibility index (Phi) is 5.60. The van der Waals surface area contributed by atoms with Crippen LogP contribution in [-0.4, -0.2) is 34.7 Å². The number of hydrogen-bond acceptors (Lipinski definition) is 3. The van der Waals surface area contributed by atoms with Crippen LogP contribution in [0.1, 0.15) is 32.9 Å². The van der Waals surface area contributed by atoms with Crippen LogP contribution in [-0.2, 0) is 13.1 Å². The minimum atomic E-state index is -0.0138. The highest BCUT2D eigenvalue weighted by molar-refractivity contribution is 5.96. The summed E-state index contributed by atoms with van der Waals surface area (Å²) in [5, 5.41) is 4.59. The first-order valence-corrected chi connectivity index (χ1v) is 8.96. The first-order chi connectivity index (χ1) is 13.0. The molecule has 0 N–H and O–H groups in total. The van der Waals surface area contributed by atoms with E-state index in [1.807, 2.05) is 68.0 Å². The molecule has 0 unspecified atom stereocenters. The van der Waals surface area contributed by atoms with Crippen molar-refractivity contribution in [3.63, 3.8) is 0 Å². The lowest BCUT2D eigenvalue weighted by Crippen LogP contribution is -2.27. The summed E-state index contributed by atoms with van der Waals surface area (Å²) in [5.41, 5.74) is 4.55. The van der Waals surface area contributed by atoms with E-state index < -0.39 is 0 Å².